The number of carbonyl (C=O) groups is 1. The Morgan fingerprint density at radius 3 is 2.38 bits per heavy atom. The Kier molecular flexibility index (Phi) is 7.03. The summed E-state index contributed by atoms with van der Waals surface area (Å²) in [6.45, 7) is 2.44. The molecule has 4 nitrogen and oxygen atoms in total. The predicted octanol–water partition coefficient (Wildman–Crippen LogP) is 7.49. The molecule has 0 radical (unpaired) electrons. The first-order chi connectivity index (χ1) is 17.7. The van der Waals surface area contributed by atoms with Gasteiger partial charge in [-0.15, -0.1) is 0 Å². The van der Waals surface area contributed by atoms with Gasteiger partial charge in [0.2, 0.25) is 0 Å². The molecule has 0 atom stereocenters. The van der Waals surface area contributed by atoms with Crippen molar-refractivity contribution in [2.45, 2.75) is 6.18 Å². The van der Waals surface area contributed by atoms with Gasteiger partial charge in [0, 0.05) is 47.4 Å². The zero-order chi connectivity index (χ0) is 26.2. The molecule has 37 heavy (non-hydrogen) atoms. The number of amides is 1. The van der Waals surface area contributed by atoms with E-state index in [2.05, 4.69) is 10.6 Å². The topological polar surface area (TPSA) is 44.4 Å². The molecule has 1 heterocycles. The van der Waals surface area contributed by atoms with Crippen LogP contribution in [0.5, 0.6) is 0 Å². The zero-order valence-corrected chi connectivity index (χ0v) is 21.0. The third-order valence-electron chi connectivity index (χ3n) is 6.40. The Morgan fingerprint density at radius 2 is 1.62 bits per heavy atom. The van der Waals surface area contributed by atoms with Gasteiger partial charge < -0.3 is 15.5 Å². The van der Waals surface area contributed by atoms with Crippen LogP contribution in [0.1, 0.15) is 15.9 Å². The average Bonchev–Trinajstić information content (AvgIpc) is 2.89. The molecule has 1 aliphatic rings. The molecule has 190 valence electrons. The number of alkyl halides is 3. The van der Waals surface area contributed by atoms with Crippen molar-refractivity contribution >= 4 is 51.3 Å². The number of fused-ring (bicyclic) bond motifs is 1. The van der Waals surface area contributed by atoms with E-state index >= 15 is 0 Å². The van der Waals surface area contributed by atoms with Crippen molar-refractivity contribution in [2.75, 3.05) is 36.4 Å². The van der Waals surface area contributed by atoms with Crippen LogP contribution in [0.15, 0.2) is 72.8 Å². The number of nitrogens with one attached hydrogen (secondary N) is 2. The van der Waals surface area contributed by atoms with Crippen molar-refractivity contribution in [1.29, 1.82) is 0 Å². The maximum atomic E-state index is 14.4. The van der Waals surface area contributed by atoms with E-state index in [1.54, 1.807) is 12.1 Å². The quantitative estimate of drug-likeness (QED) is 0.280. The fourth-order valence-electron chi connectivity index (χ4n) is 4.63. The molecular weight excluding hydrogens is 522 g/mol. The summed E-state index contributed by atoms with van der Waals surface area (Å²) in [6, 6.07) is 19.5. The molecule has 1 fully saturated rings. The minimum atomic E-state index is -4.71. The van der Waals surface area contributed by atoms with Gasteiger partial charge in [-0.25, -0.2) is 0 Å². The van der Waals surface area contributed by atoms with Gasteiger partial charge in [-0.05, 0) is 52.7 Å². The molecule has 0 spiro atoms. The minimum Gasteiger partial charge on any atom is -0.367 e. The van der Waals surface area contributed by atoms with Gasteiger partial charge in [-0.3, -0.25) is 4.79 Å². The SMILES string of the molecule is O=C(Nc1cc(C(F)(F)F)c(-c2cc(Cl)ccc2Cl)cc1N1CCNCC1)c1cccc2ccccc12. The average molecular weight is 544 g/mol. The van der Waals surface area contributed by atoms with Gasteiger partial charge in [0.1, 0.15) is 0 Å². The van der Waals surface area contributed by atoms with E-state index < -0.39 is 17.6 Å². The van der Waals surface area contributed by atoms with E-state index in [-0.39, 0.29) is 26.9 Å². The summed E-state index contributed by atoms with van der Waals surface area (Å²) in [5.74, 6) is -0.491. The Labute approximate surface area is 222 Å². The number of benzene rings is 4. The van der Waals surface area contributed by atoms with Crippen LogP contribution in [0.25, 0.3) is 21.9 Å². The van der Waals surface area contributed by atoms with Crippen molar-refractivity contribution in [3.63, 3.8) is 0 Å². The van der Waals surface area contributed by atoms with Gasteiger partial charge in [0.25, 0.3) is 5.91 Å². The lowest BCUT2D eigenvalue weighted by Gasteiger charge is -2.32. The van der Waals surface area contributed by atoms with Crippen molar-refractivity contribution in [1.82, 2.24) is 5.32 Å². The fourth-order valence-corrected chi connectivity index (χ4v) is 5.02. The summed E-state index contributed by atoms with van der Waals surface area (Å²) >= 11 is 12.5. The Balaban J connectivity index is 1.67. The molecule has 4 aromatic carbocycles. The number of carbonyl (C=O) groups excluding carboxylic acids is 1. The first-order valence-electron chi connectivity index (χ1n) is 11.7. The second-order valence-electron chi connectivity index (χ2n) is 8.75. The predicted molar refractivity (Wildman–Crippen MR) is 144 cm³/mol. The summed E-state index contributed by atoms with van der Waals surface area (Å²) < 4.78 is 43.1. The summed E-state index contributed by atoms with van der Waals surface area (Å²) in [6.07, 6.45) is -4.71. The van der Waals surface area contributed by atoms with Crippen LogP contribution >= 0.6 is 23.2 Å². The van der Waals surface area contributed by atoms with Gasteiger partial charge in [0.05, 0.1) is 16.9 Å². The monoisotopic (exact) mass is 543 g/mol. The molecule has 1 saturated heterocycles. The largest absolute Gasteiger partial charge is 0.417 e. The third-order valence-corrected chi connectivity index (χ3v) is 6.96. The maximum absolute atomic E-state index is 14.4. The number of nitrogens with zero attached hydrogens (tertiary/aromatic N) is 1. The van der Waals surface area contributed by atoms with E-state index in [9.17, 15) is 18.0 Å². The molecule has 0 saturated carbocycles. The van der Waals surface area contributed by atoms with E-state index in [1.165, 1.54) is 24.3 Å². The maximum Gasteiger partial charge on any atom is 0.417 e. The highest BCUT2D eigenvalue weighted by Gasteiger charge is 2.36. The summed E-state index contributed by atoms with van der Waals surface area (Å²) in [5, 5.41) is 8.00. The molecule has 0 bridgehead atoms. The van der Waals surface area contributed by atoms with Crippen molar-refractivity contribution in [2.24, 2.45) is 0 Å². The molecular formula is C28H22Cl2F3N3O. The Bertz CT molecular complexity index is 1480. The standard InChI is InChI=1S/C28H22Cl2F3N3O/c29-18-8-9-24(30)22(14-18)21-15-26(36-12-10-34-11-13-36)25(16-23(21)28(31,32)33)35-27(37)20-7-3-5-17-4-1-2-6-19(17)20/h1-9,14-16,34H,10-13H2,(H,35,37). The highest BCUT2D eigenvalue weighted by molar-refractivity contribution is 6.35. The second-order valence-corrected chi connectivity index (χ2v) is 9.60. The number of piperazine rings is 1. The molecule has 0 aromatic heterocycles. The molecule has 1 aliphatic heterocycles. The first kappa shape index (κ1) is 25.4. The van der Waals surface area contributed by atoms with Crippen LogP contribution < -0.4 is 15.5 Å². The number of rotatable bonds is 4. The molecule has 0 unspecified atom stereocenters. The highest BCUT2D eigenvalue weighted by Crippen LogP contribution is 2.45. The summed E-state index contributed by atoms with van der Waals surface area (Å²) in [5.41, 5.74) is 0.0911. The molecule has 5 rings (SSSR count). The fraction of sp³-hybridized carbons (Fsp3) is 0.179. The summed E-state index contributed by atoms with van der Waals surface area (Å²) in [7, 11) is 0. The molecule has 1 amide bonds. The first-order valence-corrected chi connectivity index (χ1v) is 12.4. The normalized spacial score (nSPS) is 14.1. The molecule has 0 aliphatic carbocycles. The van der Waals surface area contributed by atoms with Gasteiger partial charge in [0.15, 0.2) is 0 Å². The van der Waals surface area contributed by atoms with Gasteiger partial charge in [-0.1, -0.05) is 59.6 Å². The second kappa shape index (κ2) is 10.2. The van der Waals surface area contributed by atoms with Gasteiger partial charge >= 0.3 is 6.18 Å². The Hall–Kier alpha value is -3.26. The molecule has 4 aromatic rings. The highest BCUT2D eigenvalue weighted by atomic mass is 35.5. The van der Waals surface area contributed by atoms with Crippen molar-refractivity contribution in [3.8, 4) is 11.1 Å². The van der Waals surface area contributed by atoms with Crippen LogP contribution in [-0.4, -0.2) is 32.1 Å². The lowest BCUT2D eigenvalue weighted by atomic mass is 9.96. The number of halogens is 5. The zero-order valence-electron chi connectivity index (χ0n) is 19.5. The van der Waals surface area contributed by atoms with E-state index in [0.717, 1.165) is 11.5 Å². The van der Waals surface area contributed by atoms with E-state index in [0.29, 0.717) is 42.8 Å². The Morgan fingerprint density at radius 1 is 0.892 bits per heavy atom. The van der Waals surface area contributed by atoms with Crippen LogP contribution in [0.3, 0.4) is 0 Å². The van der Waals surface area contributed by atoms with Crippen molar-refractivity contribution in [3.05, 3.63) is 94.0 Å². The van der Waals surface area contributed by atoms with Crippen LogP contribution in [0, 0.1) is 0 Å². The number of anilines is 2. The third kappa shape index (κ3) is 5.25. The van der Waals surface area contributed by atoms with Crippen molar-refractivity contribution < 1.29 is 18.0 Å². The molecule has 9 heteroatoms. The smallest absolute Gasteiger partial charge is 0.367 e. The molecule has 2 N–H and O–H groups in total. The number of hydrogen-bond acceptors (Lipinski definition) is 3. The summed E-state index contributed by atoms with van der Waals surface area (Å²) in [4.78, 5) is 15.4. The van der Waals surface area contributed by atoms with E-state index in [4.69, 9.17) is 23.2 Å². The van der Waals surface area contributed by atoms with Crippen LogP contribution in [-0.2, 0) is 6.18 Å². The van der Waals surface area contributed by atoms with Gasteiger partial charge in [-0.2, -0.15) is 13.2 Å². The lowest BCUT2D eigenvalue weighted by molar-refractivity contribution is -0.137. The lowest BCUT2D eigenvalue weighted by Crippen LogP contribution is -2.44. The van der Waals surface area contributed by atoms with E-state index in [1.807, 2.05) is 35.2 Å². The van der Waals surface area contributed by atoms with Crippen LogP contribution in [0.4, 0.5) is 24.5 Å². The van der Waals surface area contributed by atoms with Crippen LogP contribution in [0.2, 0.25) is 10.0 Å². The number of hydrogen-bond donors (Lipinski definition) is 2. The minimum absolute atomic E-state index is 0.0778.